The summed E-state index contributed by atoms with van der Waals surface area (Å²) in [5, 5.41) is 0. The molecule has 1 N–H and O–H groups in total. The molecule has 24 heavy (non-hydrogen) atoms. The van der Waals surface area contributed by atoms with E-state index in [0.29, 0.717) is 0 Å². The second-order valence-corrected chi connectivity index (χ2v) is 8.23. The van der Waals surface area contributed by atoms with Crippen LogP contribution in [0.5, 0.6) is 0 Å². The van der Waals surface area contributed by atoms with Gasteiger partial charge in [-0.15, -0.1) is 0 Å². The van der Waals surface area contributed by atoms with Gasteiger partial charge in [-0.05, 0) is 38.2 Å². The molecule has 1 aliphatic heterocycles. The zero-order valence-corrected chi connectivity index (χ0v) is 18.0. The van der Waals surface area contributed by atoms with Crippen LogP contribution in [0.3, 0.4) is 0 Å². The van der Waals surface area contributed by atoms with Gasteiger partial charge in [-0.1, -0.05) is 27.7 Å². The van der Waals surface area contributed by atoms with E-state index in [0.717, 1.165) is 50.7 Å². The molecule has 0 aromatic rings. The number of ether oxygens (including phenoxy) is 2. The van der Waals surface area contributed by atoms with Gasteiger partial charge in [-0.3, -0.25) is 9.69 Å². The topological polar surface area (TPSA) is 68.2 Å². The van der Waals surface area contributed by atoms with Crippen molar-refractivity contribution in [3.8, 4) is 0 Å². The number of rotatable bonds is 8. The summed E-state index contributed by atoms with van der Waals surface area (Å²) >= 11 is 1.10. The average molecular weight is 386 g/mol. The third-order valence-electron chi connectivity index (χ3n) is 3.22. The van der Waals surface area contributed by atoms with Crippen LogP contribution in [0.25, 0.3) is 0 Å². The number of hydrogen-bond acceptors (Lipinski definition) is 7. The van der Waals surface area contributed by atoms with E-state index in [9.17, 15) is 9.69 Å². The summed E-state index contributed by atoms with van der Waals surface area (Å²) in [6.45, 7) is 16.0. The normalized spacial score (nSPS) is 16.2. The monoisotopic (exact) mass is 385 g/mol. The minimum absolute atomic E-state index is 0.121. The van der Waals surface area contributed by atoms with Crippen molar-refractivity contribution >= 4 is 24.9 Å². The Hall–Kier alpha value is 0.0900. The van der Waals surface area contributed by atoms with Gasteiger partial charge in [0, 0.05) is 20.2 Å². The van der Waals surface area contributed by atoms with Crippen molar-refractivity contribution in [2.24, 2.45) is 5.41 Å². The first-order chi connectivity index (χ1) is 11.5. The number of hydrogen-bond donors (Lipinski definition) is 1. The molecule has 6 nitrogen and oxygen atoms in total. The molecule has 0 aromatic heterocycles. The zero-order valence-electron chi connectivity index (χ0n) is 16.3. The summed E-state index contributed by atoms with van der Waals surface area (Å²) in [6.07, 6.45) is 0.745. The minimum Gasteiger partial charge on any atom is -0.454 e. The van der Waals surface area contributed by atoms with Gasteiger partial charge >= 0.3 is 5.97 Å². The van der Waals surface area contributed by atoms with Crippen LogP contribution in [0, 0.1) is 5.41 Å². The Balaban J connectivity index is 0. The molecule has 1 fully saturated rings. The number of carbonyl (C=O) groups is 1. The number of nitrogens with zero attached hydrogens (tertiary/aromatic N) is 1. The van der Waals surface area contributed by atoms with Crippen LogP contribution in [0.1, 0.15) is 48.0 Å². The molecule has 0 aromatic carbocycles. The van der Waals surface area contributed by atoms with E-state index in [1.54, 1.807) is 0 Å². The van der Waals surface area contributed by atoms with Crippen molar-refractivity contribution in [1.29, 1.82) is 0 Å². The number of morpholine rings is 1. The number of carbonyl (C=O) groups excluding carboxylic acids is 1. The van der Waals surface area contributed by atoms with Gasteiger partial charge in [0.2, 0.25) is 7.58 Å². The van der Waals surface area contributed by atoms with Gasteiger partial charge < -0.3 is 18.9 Å². The molecule has 146 valence electrons. The smallest absolute Gasteiger partial charge is 0.312 e. The maximum Gasteiger partial charge on any atom is 0.312 e. The van der Waals surface area contributed by atoms with Crippen LogP contribution in [-0.2, 0) is 18.8 Å². The van der Waals surface area contributed by atoms with Crippen LogP contribution < -0.4 is 0 Å². The predicted octanol–water partition coefficient (Wildman–Crippen LogP) is 3.89. The molecule has 1 atom stereocenters. The molecule has 1 saturated heterocycles. The lowest BCUT2D eigenvalue weighted by atomic mass is 9.89. The van der Waals surface area contributed by atoms with Crippen LogP contribution in [0.4, 0.5) is 0 Å². The molecule has 1 aliphatic rings. The van der Waals surface area contributed by atoms with Crippen molar-refractivity contribution in [2.75, 3.05) is 45.9 Å². The Morgan fingerprint density at radius 1 is 1.25 bits per heavy atom. The quantitative estimate of drug-likeness (QED) is 0.386. The Kier molecular flexibility index (Phi) is 18.2. The summed E-state index contributed by atoms with van der Waals surface area (Å²) < 4.78 is 15.2. The van der Waals surface area contributed by atoms with E-state index in [1.165, 1.54) is 7.11 Å². The fraction of sp³-hybridized carbons (Fsp3) is 0.938. The molecular weight excluding hydrogens is 349 g/mol. The molecule has 0 radical (unpaired) electrons. The second-order valence-electron chi connectivity index (χ2n) is 5.19. The number of esters is 1. The van der Waals surface area contributed by atoms with Gasteiger partial charge in [0.25, 0.3) is 0 Å². The Morgan fingerprint density at radius 3 is 2.29 bits per heavy atom. The molecule has 1 rings (SSSR count). The van der Waals surface area contributed by atoms with E-state index in [2.05, 4.69) is 4.90 Å². The summed E-state index contributed by atoms with van der Waals surface area (Å²) in [5.41, 5.74) is -0.524. The Labute approximate surface area is 153 Å². The molecule has 8 heteroatoms. The first kappa shape index (κ1) is 26.3. The molecule has 0 saturated carbocycles. The average Bonchev–Trinajstić information content (AvgIpc) is 2.64. The minimum atomic E-state index is -1.55. The van der Waals surface area contributed by atoms with E-state index < -0.39 is 13.0 Å². The van der Waals surface area contributed by atoms with Crippen LogP contribution in [0.2, 0.25) is 0 Å². The van der Waals surface area contributed by atoms with Crippen molar-refractivity contribution in [3.05, 3.63) is 0 Å². The molecule has 0 spiro atoms. The molecule has 0 amide bonds. The Morgan fingerprint density at radius 2 is 1.79 bits per heavy atom. The summed E-state index contributed by atoms with van der Waals surface area (Å²) in [5.74, 6) is -0.117. The molecular formula is C16H36NO5PS. The predicted molar refractivity (Wildman–Crippen MR) is 103 cm³/mol. The lowest BCUT2D eigenvalue weighted by Crippen LogP contribution is -2.39. The van der Waals surface area contributed by atoms with E-state index in [4.69, 9.17) is 14.0 Å². The highest BCUT2D eigenvalue weighted by atomic mass is 32.7. The molecule has 0 aliphatic carbocycles. The zero-order chi connectivity index (χ0) is 19.0. The van der Waals surface area contributed by atoms with E-state index >= 15 is 0 Å². The maximum atomic E-state index is 12.0. The first-order valence-electron chi connectivity index (χ1n) is 8.59. The molecule has 0 bridgehead atoms. The van der Waals surface area contributed by atoms with Crippen LogP contribution in [0.15, 0.2) is 0 Å². The second kappa shape index (κ2) is 16.6. The largest absolute Gasteiger partial charge is 0.454 e. The lowest BCUT2D eigenvalue weighted by molar-refractivity contribution is -0.152. The van der Waals surface area contributed by atoms with Gasteiger partial charge in [0.05, 0.1) is 18.6 Å². The summed E-state index contributed by atoms with van der Waals surface area (Å²) in [4.78, 5) is 23.6. The first-order valence-corrected chi connectivity index (χ1v) is 11.4. The van der Waals surface area contributed by atoms with E-state index in [-0.39, 0.29) is 11.9 Å². The SMILES string of the molecule is CC.CC.COP(O)SCOC(=O)C(C)(C)CCN1CCOCC1. The maximum absolute atomic E-state index is 12.0. The summed E-state index contributed by atoms with van der Waals surface area (Å²) in [6, 6.07) is 0. The van der Waals surface area contributed by atoms with Crippen molar-refractivity contribution in [3.63, 3.8) is 0 Å². The van der Waals surface area contributed by atoms with Crippen molar-refractivity contribution in [2.45, 2.75) is 48.0 Å². The highest BCUT2D eigenvalue weighted by Gasteiger charge is 2.30. The van der Waals surface area contributed by atoms with Crippen molar-refractivity contribution in [1.82, 2.24) is 4.90 Å². The highest BCUT2D eigenvalue weighted by molar-refractivity contribution is 8.52. The fourth-order valence-corrected chi connectivity index (χ4v) is 2.84. The molecule has 1 unspecified atom stereocenters. The van der Waals surface area contributed by atoms with Gasteiger partial charge in [-0.25, -0.2) is 0 Å². The van der Waals surface area contributed by atoms with Crippen LogP contribution >= 0.6 is 19.0 Å². The van der Waals surface area contributed by atoms with Crippen molar-refractivity contribution < 1.29 is 23.7 Å². The Bertz CT molecular complexity index is 302. The fourth-order valence-electron chi connectivity index (χ4n) is 1.74. The molecule has 1 heterocycles. The third kappa shape index (κ3) is 12.5. The highest BCUT2D eigenvalue weighted by Crippen LogP contribution is 2.45. The standard InChI is InChI=1S/C12H24NO5PS.2C2H6/c1-12(2,4-5-13-6-8-17-9-7-13)11(14)18-10-20-19(15)16-3;2*1-2/h15H,4-10H2,1-3H3;2*1-2H3. The lowest BCUT2D eigenvalue weighted by Gasteiger charge is -2.30. The van der Waals surface area contributed by atoms with Gasteiger partial charge in [0.15, 0.2) is 0 Å². The van der Waals surface area contributed by atoms with E-state index in [1.807, 2.05) is 41.5 Å². The van der Waals surface area contributed by atoms with Crippen LogP contribution in [-0.4, -0.2) is 61.7 Å². The summed E-state index contributed by atoms with van der Waals surface area (Å²) in [7, 11) is -0.122. The van der Waals surface area contributed by atoms with Gasteiger partial charge in [-0.2, -0.15) is 0 Å². The third-order valence-corrected chi connectivity index (χ3v) is 5.40. The van der Waals surface area contributed by atoms with Gasteiger partial charge in [0.1, 0.15) is 5.94 Å².